The number of fused-ring (bicyclic) bond motifs is 3. The molecule has 2 unspecified atom stereocenters. The van der Waals surface area contributed by atoms with Crippen LogP contribution in [-0.4, -0.2) is 44.5 Å². The maximum Gasteiger partial charge on any atom is 0.240 e. The second-order valence-corrected chi connectivity index (χ2v) is 9.09. The molecule has 0 bridgehead atoms. The van der Waals surface area contributed by atoms with E-state index < -0.39 is 0 Å². The van der Waals surface area contributed by atoms with Gasteiger partial charge in [0.25, 0.3) is 0 Å². The first-order valence-electron chi connectivity index (χ1n) is 10.7. The molecule has 152 valence electrons. The summed E-state index contributed by atoms with van der Waals surface area (Å²) in [6, 6.07) is 21.8. The summed E-state index contributed by atoms with van der Waals surface area (Å²) in [5.74, 6) is 2.02. The van der Waals surface area contributed by atoms with Gasteiger partial charge in [0, 0.05) is 17.7 Å². The Bertz CT molecular complexity index is 1050. The molecule has 2 aliphatic rings. The quantitative estimate of drug-likeness (QED) is 0.440. The normalized spacial score (nSPS) is 20.5. The lowest BCUT2D eigenvalue weighted by atomic mass is 9.79. The standard InChI is InChI=1S/C24H25N5S/c25-17-23-26-27-24(29(23)19-8-2-1-3-9-19)30-16-6-14-28-15-13-21-20-10-5-4-7-18(20)11-12-22(21)28/h1-5,7-10,21-22H,6,11-16H2. The number of benzene rings is 2. The zero-order chi connectivity index (χ0) is 20.3. The predicted octanol–water partition coefficient (Wildman–Crippen LogP) is 4.43. The van der Waals surface area contributed by atoms with E-state index >= 15 is 0 Å². The second kappa shape index (κ2) is 8.63. The van der Waals surface area contributed by atoms with Gasteiger partial charge in [-0.1, -0.05) is 54.2 Å². The molecule has 1 fully saturated rings. The minimum atomic E-state index is 0.340. The van der Waals surface area contributed by atoms with Crippen molar-refractivity contribution in [2.75, 3.05) is 18.8 Å². The van der Waals surface area contributed by atoms with Crippen LogP contribution in [0.2, 0.25) is 0 Å². The van der Waals surface area contributed by atoms with E-state index in [1.807, 2.05) is 34.9 Å². The Morgan fingerprint density at radius 2 is 1.87 bits per heavy atom. The average Bonchev–Trinajstić information content (AvgIpc) is 3.41. The summed E-state index contributed by atoms with van der Waals surface area (Å²) in [6.07, 6.45) is 4.88. The minimum Gasteiger partial charge on any atom is -0.300 e. The average molecular weight is 416 g/mol. The molecule has 1 saturated heterocycles. The van der Waals surface area contributed by atoms with Crippen molar-refractivity contribution in [1.29, 1.82) is 5.26 Å². The third kappa shape index (κ3) is 3.64. The fourth-order valence-electron chi connectivity index (χ4n) is 5.05. The van der Waals surface area contributed by atoms with Crippen LogP contribution < -0.4 is 0 Å². The molecular weight excluding hydrogens is 390 g/mol. The number of para-hydroxylation sites is 1. The molecule has 5 rings (SSSR count). The summed E-state index contributed by atoms with van der Waals surface area (Å²) in [6.45, 7) is 2.33. The highest BCUT2D eigenvalue weighted by Gasteiger charge is 2.37. The third-order valence-electron chi connectivity index (χ3n) is 6.39. The molecule has 1 aliphatic carbocycles. The summed E-state index contributed by atoms with van der Waals surface area (Å²) in [7, 11) is 0. The number of nitrogens with zero attached hydrogens (tertiary/aromatic N) is 5. The van der Waals surface area contributed by atoms with Crippen LogP contribution in [0.25, 0.3) is 5.69 Å². The van der Waals surface area contributed by atoms with Crippen molar-refractivity contribution in [3.8, 4) is 11.8 Å². The van der Waals surface area contributed by atoms with Crippen molar-refractivity contribution in [3.05, 3.63) is 71.5 Å². The van der Waals surface area contributed by atoms with Gasteiger partial charge >= 0.3 is 0 Å². The first-order valence-corrected chi connectivity index (χ1v) is 11.7. The summed E-state index contributed by atoms with van der Waals surface area (Å²) >= 11 is 1.69. The maximum atomic E-state index is 9.40. The molecule has 2 heterocycles. The number of hydrogen-bond donors (Lipinski definition) is 0. The van der Waals surface area contributed by atoms with Crippen molar-refractivity contribution in [2.24, 2.45) is 0 Å². The van der Waals surface area contributed by atoms with Gasteiger partial charge in [-0.2, -0.15) is 5.26 Å². The fourth-order valence-corrected chi connectivity index (χ4v) is 5.92. The van der Waals surface area contributed by atoms with Gasteiger partial charge in [-0.3, -0.25) is 9.47 Å². The Morgan fingerprint density at radius 3 is 2.73 bits per heavy atom. The number of hydrogen-bond acceptors (Lipinski definition) is 5. The van der Waals surface area contributed by atoms with Crippen LogP contribution in [0.4, 0.5) is 0 Å². The first-order chi connectivity index (χ1) is 14.8. The smallest absolute Gasteiger partial charge is 0.240 e. The van der Waals surface area contributed by atoms with Crippen molar-refractivity contribution >= 4 is 11.8 Å². The van der Waals surface area contributed by atoms with Crippen molar-refractivity contribution in [3.63, 3.8) is 0 Å². The van der Waals surface area contributed by atoms with Gasteiger partial charge in [0.1, 0.15) is 6.07 Å². The van der Waals surface area contributed by atoms with Gasteiger partial charge in [0.05, 0.1) is 5.69 Å². The number of rotatable bonds is 6. The summed E-state index contributed by atoms with van der Waals surface area (Å²) in [5, 5.41) is 18.5. The van der Waals surface area contributed by atoms with Crippen molar-refractivity contribution < 1.29 is 0 Å². The molecule has 0 N–H and O–H groups in total. The van der Waals surface area contributed by atoms with Crippen LogP contribution in [0.3, 0.4) is 0 Å². The molecule has 0 saturated carbocycles. The van der Waals surface area contributed by atoms with Gasteiger partial charge in [-0.25, -0.2) is 0 Å². The largest absolute Gasteiger partial charge is 0.300 e. The molecule has 30 heavy (non-hydrogen) atoms. The van der Waals surface area contributed by atoms with Crippen LogP contribution in [0, 0.1) is 11.3 Å². The van der Waals surface area contributed by atoms with Crippen LogP contribution >= 0.6 is 11.8 Å². The van der Waals surface area contributed by atoms with Gasteiger partial charge in [-0.15, -0.1) is 10.2 Å². The second-order valence-electron chi connectivity index (χ2n) is 8.03. The minimum absolute atomic E-state index is 0.340. The lowest BCUT2D eigenvalue weighted by Gasteiger charge is -2.33. The highest BCUT2D eigenvalue weighted by Crippen LogP contribution is 2.41. The number of likely N-dealkylation sites (tertiary alicyclic amines) is 1. The molecular formula is C24H25N5S. The monoisotopic (exact) mass is 415 g/mol. The lowest BCUT2D eigenvalue weighted by molar-refractivity contribution is 0.228. The maximum absolute atomic E-state index is 9.40. The molecule has 2 atom stereocenters. The van der Waals surface area contributed by atoms with E-state index in [1.54, 1.807) is 22.9 Å². The molecule has 1 aromatic heterocycles. The number of thioether (sulfide) groups is 1. The molecule has 2 aromatic carbocycles. The zero-order valence-corrected chi connectivity index (χ0v) is 17.8. The predicted molar refractivity (Wildman–Crippen MR) is 119 cm³/mol. The molecule has 6 heteroatoms. The number of aryl methyl sites for hydroxylation is 1. The Morgan fingerprint density at radius 1 is 1.03 bits per heavy atom. The van der Waals surface area contributed by atoms with E-state index in [0.29, 0.717) is 17.8 Å². The topological polar surface area (TPSA) is 57.7 Å². The van der Waals surface area contributed by atoms with Gasteiger partial charge in [0.2, 0.25) is 5.82 Å². The van der Waals surface area contributed by atoms with Crippen LogP contribution in [0.5, 0.6) is 0 Å². The summed E-state index contributed by atoms with van der Waals surface area (Å²) in [4.78, 5) is 2.70. The zero-order valence-electron chi connectivity index (χ0n) is 16.9. The van der Waals surface area contributed by atoms with Crippen LogP contribution in [0.15, 0.2) is 59.8 Å². The van der Waals surface area contributed by atoms with E-state index in [1.165, 1.54) is 25.8 Å². The molecule has 0 radical (unpaired) electrons. The van der Waals surface area contributed by atoms with Crippen molar-refractivity contribution in [2.45, 2.75) is 42.8 Å². The number of aromatic nitrogens is 3. The third-order valence-corrected chi connectivity index (χ3v) is 7.41. The van der Waals surface area contributed by atoms with Crippen molar-refractivity contribution in [1.82, 2.24) is 19.7 Å². The summed E-state index contributed by atoms with van der Waals surface area (Å²) in [5.41, 5.74) is 4.08. The highest BCUT2D eigenvalue weighted by molar-refractivity contribution is 7.99. The Labute approximate surface area is 181 Å². The van der Waals surface area contributed by atoms with E-state index in [-0.39, 0.29) is 0 Å². The summed E-state index contributed by atoms with van der Waals surface area (Å²) < 4.78 is 1.86. The molecule has 3 aromatic rings. The van der Waals surface area contributed by atoms with E-state index in [9.17, 15) is 5.26 Å². The highest BCUT2D eigenvalue weighted by atomic mass is 32.2. The molecule has 0 amide bonds. The van der Waals surface area contributed by atoms with Crippen LogP contribution in [-0.2, 0) is 6.42 Å². The lowest BCUT2D eigenvalue weighted by Crippen LogP contribution is -2.35. The van der Waals surface area contributed by atoms with Gasteiger partial charge < -0.3 is 0 Å². The number of nitriles is 1. The molecule has 0 spiro atoms. The van der Waals surface area contributed by atoms with Crippen LogP contribution in [0.1, 0.15) is 42.1 Å². The molecule has 5 nitrogen and oxygen atoms in total. The fraction of sp³-hybridized carbons (Fsp3) is 0.375. The van der Waals surface area contributed by atoms with E-state index in [4.69, 9.17) is 0 Å². The Balaban J connectivity index is 1.20. The van der Waals surface area contributed by atoms with Gasteiger partial charge in [0.15, 0.2) is 5.16 Å². The first kappa shape index (κ1) is 19.3. The Kier molecular flexibility index (Phi) is 5.56. The molecule has 1 aliphatic heterocycles. The van der Waals surface area contributed by atoms with E-state index in [0.717, 1.165) is 29.6 Å². The van der Waals surface area contributed by atoms with E-state index in [2.05, 4.69) is 45.4 Å². The Hall–Kier alpha value is -2.62. The SMILES string of the molecule is N#Cc1nnc(SCCCN2CCC3c4ccccc4CCC32)n1-c1ccccc1. The van der Waals surface area contributed by atoms with Gasteiger partial charge in [-0.05, 0) is 62.0 Å².